The fraction of sp³-hybridized carbons (Fsp3) is 0.158. The predicted octanol–water partition coefficient (Wildman–Crippen LogP) is 5.94. The molecule has 128 valence electrons. The van der Waals surface area contributed by atoms with Crippen LogP contribution in [0.2, 0.25) is 5.02 Å². The maximum absolute atomic E-state index is 12.4. The minimum Gasteiger partial charge on any atom is -0.268 e. The van der Waals surface area contributed by atoms with Crippen LogP contribution in [-0.4, -0.2) is 22.6 Å². The molecule has 0 aromatic heterocycles. The van der Waals surface area contributed by atoms with Gasteiger partial charge in [-0.3, -0.25) is 14.5 Å². The zero-order chi connectivity index (χ0) is 17.8. The first-order valence-electron chi connectivity index (χ1n) is 7.86. The predicted molar refractivity (Wildman–Crippen MR) is 105 cm³/mol. The molecule has 2 aromatic carbocycles. The van der Waals surface area contributed by atoms with Gasteiger partial charge < -0.3 is 0 Å². The lowest BCUT2D eigenvalue weighted by atomic mass is 10.2. The first-order valence-corrected chi connectivity index (χ1v) is 9.87. The molecule has 1 saturated heterocycles. The van der Waals surface area contributed by atoms with Crippen molar-refractivity contribution in [2.45, 2.75) is 23.1 Å². The first-order chi connectivity index (χ1) is 12.1. The van der Waals surface area contributed by atoms with Gasteiger partial charge in [0.25, 0.3) is 11.1 Å². The number of rotatable bonds is 5. The molecular formula is C19H16ClNO2S2. The van der Waals surface area contributed by atoms with Gasteiger partial charge in [0, 0.05) is 21.4 Å². The fourth-order valence-corrected chi connectivity index (χ4v) is 4.28. The lowest BCUT2D eigenvalue weighted by Crippen LogP contribution is -2.28. The number of amides is 2. The summed E-state index contributed by atoms with van der Waals surface area (Å²) in [7, 11) is 0. The Morgan fingerprint density at radius 2 is 1.84 bits per heavy atom. The van der Waals surface area contributed by atoms with Crippen LogP contribution in [-0.2, 0) is 4.79 Å². The molecule has 0 saturated carbocycles. The molecule has 2 amide bonds. The molecule has 1 heterocycles. The average Bonchev–Trinajstić information content (AvgIpc) is 2.86. The fourth-order valence-electron chi connectivity index (χ4n) is 2.38. The SMILES string of the molecule is CCCN1C(=O)S/C(=C\c2ccccc2Sc2ccc(Cl)cc2)C1=O. The molecule has 0 bridgehead atoms. The summed E-state index contributed by atoms with van der Waals surface area (Å²) < 4.78 is 0. The molecule has 0 radical (unpaired) electrons. The number of hydrogen-bond donors (Lipinski definition) is 0. The topological polar surface area (TPSA) is 37.4 Å². The van der Waals surface area contributed by atoms with Crippen LogP contribution >= 0.6 is 35.1 Å². The highest BCUT2D eigenvalue weighted by molar-refractivity contribution is 8.18. The van der Waals surface area contributed by atoms with E-state index in [1.165, 1.54) is 4.90 Å². The summed E-state index contributed by atoms with van der Waals surface area (Å²) in [5.41, 5.74) is 0.921. The van der Waals surface area contributed by atoms with Crippen molar-refractivity contribution in [2.75, 3.05) is 6.54 Å². The van der Waals surface area contributed by atoms with E-state index in [0.29, 0.717) is 16.5 Å². The summed E-state index contributed by atoms with van der Waals surface area (Å²) in [6, 6.07) is 15.4. The van der Waals surface area contributed by atoms with Gasteiger partial charge in [-0.05, 0) is 60.2 Å². The second-order valence-electron chi connectivity index (χ2n) is 5.43. The van der Waals surface area contributed by atoms with Gasteiger partial charge in [0.05, 0.1) is 4.91 Å². The summed E-state index contributed by atoms with van der Waals surface area (Å²) >= 11 is 8.54. The van der Waals surface area contributed by atoms with Gasteiger partial charge in [-0.25, -0.2) is 0 Å². The lowest BCUT2D eigenvalue weighted by Gasteiger charge is -2.10. The van der Waals surface area contributed by atoms with E-state index in [2.05, 4.69) is 0 Å². The van der Waals surface area contributed by atoms with Gasteiger partial charge in [-0.2, -0.15) is 0 Å². The molecule has 0 spiro atoms. The largest absolute Gasteiger partial charge is 0.293 e. The Hall–Kier alpha value is -1.69. The third kappa shape index (κ3) is 4.29. The van der Waals surface area contributed by atoms with Gasteiger partial charge in [-0.1, -0.05) is 48.5 Å². The minimum absolute atomic E-state index is 0.194. The van der Waals surface area contributed by atoms with E-state index in [1.807, 2.05) is 55.5 Å². The average molecular weight is 390 g/mol. The molecule has 1 fully saturated rings. The van der Waals surface area contributed by atoms with Crippen molar-refractivity contribution < 1.29 is 9.59 Å². The summed E-state index contributed by atoms with van der Waals surface area (Å²) in [5, 5.41) is 0.503. The molecule has 2 aromatic rings. The molecule has 0 N–H and O–H groups in total. The third-order valence-electron chi connectivity index (χ3n) is 3.57. The monoisotopic (exact) mass is 389 g/mol. The van der Waals surface area contributed by atoms with Crippen molar-refractivity contribution in [3.8, 4) is 0 Å². The Labute approximate surface area is 160 Å². The smallest absolute Gasteiger partial charge is 0.268 e. The van der Waals surface area contributed by atoms with E-state index in [1.54, 1.807) is 17.8 Å². The van der Waals surface area contributed by atoms with E-state index in [0.717, 1.165) is 33.5 Å². The van der Waals surface area contributed by atoms with E-state index >= 15 is 0 Å². The summed E-state index contributed by atoms with van der Waals surface area (Å²) in [4.78, 5) is 28.3. The van der Waals surface area contributed by atoms with Gasteiger partial charge in [0.15, 0.2) is 0 Å². The van der Waals surface area contributed by atoms with Crippen LogP contribution in [0.3, 0.4) is 0 Å². The quantitative estimate of drug-likeness (QED) is 0.593. The van der Waals surface area contributed by atoms with Crippen LogP contribution in [0.1, 0.15) is 18.9 Å². The van der Waals surface area contributed by atoms with E-state index in [-0.39, 0.29) is 11.1 Å². The van der Waals surface area contributed by atoms with Crippen molar-refractivity contribution in [3.05, 3.63) is 64.0 Å². The molecule has 6 heteroatoms. The van der Waals surface area contributed by atoms with Gasteiger partial charge in [0.2, 0.25) is 0 Å². The maximum Gasteiger partial charge on any atom is 0.293 e. The lowest BCUT2D eigenvalue weighted by molar-refractivity contribution is -0.122. The Balaban J connectivity index is 1.87. The van der Waals surface area contributed by atoms with E-state index in [9.17, 15) is 9.59 Å². The number of nitrogens with zero attached hydrogens (tertiary/aromatic N) is 1. The van der Waals surface area contributed by atoms with Crippen molar-refractivity contribution >= 4 is 52.3 Å². The Morgan fingerprint density at radius 3 is 2.56 bits per heavy atom. The zero-order valence-corrected chi connectivity index (χ0v) is 16.0. The van der Waals surface area contributed by atoms with Crippen LogP contribution in [0.25, 0.3) is 6.08 Å². The highest BCUT2D eigenvalue weighted by atomic mass is 35.5. The van der Waals surface area contributed by atoms with Gasteiger partial charge in [0.1, 0.15) is 0 Å². The number of hydrogen-bond acceptors (Lipinski definition) is 4. The Bertz CT molecular complexity index is 834. The maximum atomic E-state index is 12.4. The number of carbonyl (C=O) groups is 2. The van der Waals surface area contributed by atoms with Crippen LogP contribution in [0.15, 0.2) is 63.2 Å². The molecule has 0 atom stereocenters. The van der Waals surface area contributed by atoms with Crippen LogP contribution in [0.4, 0.5) is 4.79 Å². The standard InChI is InChI=1S/C19H16ClNO2S2/c1-2-11-21-18(22)17(25-19(21)23)12-13-5-3-4-6-16(13)24-15-9-7-14(20)8-10-15/h3-10,12H,2,11H2,1H3/b17-12-. The molecule has 0 aliphatic carbocycles. The van der Waals surface area contributed by atoms with Crippen LogP contribution in [0.5, 0.6) is 0 Å². The Kier molecular flexibility index (Phi) is 5.89. The third-order valence-corrected chi connectivity index (χ3v) is 5.83. The number of imide groups is 1. The molecule has 0 unspecified atom stereocenters. The van der Waals surface area contributed by atoms with Crippen molar-refractivity contribution in [1.29, 1.82) is 0 Å². The van der Waals surface area contributed by atoms with Gasteiger partial charge in [-0.15, -0.1) is 0 Å². The molecule has 1 aliphatic rings. The van der Waals surface area contributed by atoms with Crippen molar-refractivity contribution in [2.24, 2.45) is 0 Å². The molecule has 1 aliphatic heterocycles. The van der Waals surface area contributed by atoms with Crippen LogP contribution in [0, 0.1) is 0 Å². The number of benzene rings is 2. The highest BCUT2D eigenvalue weighted by Crippen LogP contribution is 2.36. The molecule has 25 heavy (non-hydrogen) atoms. The molecule has 3 nitrogen and oxygen atoms in total. The van der Waals surface area contributed by atoms with Crippen molar-refractivity contribution in [1.82, 2.24) is 4.90 Å². The number of halogens is 1. The Morgan fingerprint density at radius 1 is 1.12 bits per heavy atom. The minimum atomic E-state index is -0.205. The van der Waals surface area contributed by atoms with Gasteiger partial charge >= 0.3 is 0 Å². The first kappa shape index (κ1) is 18.1. The number of thioether (sulfide) groups is 1. The molecular weight excluding hydrogens is 374 g/mol. The second-order valence-corrected chi connectivity index (χ2v) is 7.97. The van der Waals surface area contributed by atoms with E-state index < -0.39 is 0 Å². The number of carbonyl (C=O) groups excluding carboxylic acids is 2. The van der Waals surface area contributed by atoms with Crippen LogP contribution < -0.4 is 0 Å². The molecule has 3 rings (SSSR count). The zero-order valence-electron chi connectivity index (χ0n) is 13.6. The second kappa shape index (κ2) is 8.13. The van der Waals surface area contributed by atoms with Crippen molar-refractivity contribution in [3.63, 3.8) is 0 Å². The summed E-state index contributed by atoms with van der Waals surface area (Å²) in [6.45, 7) is 2.41. The normalized spacial score (nSPS) is 16.1. The highest BCUT2D eigenvalue weighted by Gasteiger charge is 2.34. The van der Waals surface area contributed by atoms with E-state index in [4.69, 9.17) is 11.6 Å². The summed E-state index contributed by atoms with van der Waals surface area (Å²) in [6.07, 6.45) is 2.56. The summed E-state index contributed by atoms with van der Waals surface area (Å²) in [5.74, 6) is -0.205.